The van der Waals surface area contributed by atoms with Crippen LogP contribution < -0.4 is 5.73 Å². The topological polar surface area (TPSA) is 26.0 Å². The van der Waals surface area contributed by atoms with Gasteiger partial charge in [0, 0.05) is 10.6 Å². The normalized spacial score (nSPS) is 16.6. The first-order valence-corrected chi connectivity index (χ1v) is 6.59. The smallest absolute Gasteiger partial charge is 0.0491 e. The van der Waals surface area contributed by atoms with Gasteiger partial charge >= 0.3 is 0 Å². The summed E-state index contributed by atoms with van der Waals surface area (Å²) in [4.78, 5) is 0. The highest BCUT2D eigenvalue weighted by Crippen LogP contribution is 2.36. The number of aryl methyl sites for hydroxylation is 1. The van der Waals surface area contributed by atoms with Crippen LogP contribution in [-0.2, 0) is 18.4 Å². The van der Waals surface area contributed by atoms with Crippen LogP contribution in [0.2, 0.25) is 5.02 Å². The molecule has 0 heterocycles. The maximum absolute atomic E-state index is 6.59. The van der Waals surface area contributed by atoms with E-state index in [9.17, 15) is 0 Å². The zero-order valence-corrected chi connectivity index (χ0v) is 11.2. The van der Waals surface area contributed by atoms with Crippen molar-refractivity contribution in [3.05, 3.63) is 69.7 Å². The Hall–Kier alpha value is -1.31. The molecule has 2 aromatic carbocycles. The molecule has 18 heavy (non-hydrogen) atoms. The van der Waals surface area contributed by atoms with Crippen molar-refractivity contribution in [2.75, 3.05) is 0 Å². The fraction of sp³-hybridized carbons (Fsp3) is 0.250. The molecule has 1 aliphatic rings. The molecule has 0 bridgehead atoms. The number of rotatable bonds is 1. The van der Waals surface area contributed by atoms with Crippen molar-refractivity contribution in [2.24, 2.45) is 5.73 Å². The minimum absolute atomic E-state index is 0.305. The van der Waals surface area contributed by atoms with Gasteiger partial charge in [-0.15, -0.1) is 0 Å². The maximum atomic E-state index is 6.59. The molecular formula is C16H16ClN. The minimum atomic E-state index is -0.305. The van der Waals surface area contributed by atoms with Gasteiger partial charge in [0.2, 0.25) is 0 Å². The molecule has 2 aromatic rings. The van der Waals surface area contributed by atoms with Crippen LogP contribution in [0.3, 0.4) is 0 Å². The molecule has 0 unspecified atom stereocenters. The summed E-state index contributed by atoms with van der Waals surface area (Å²) in [6, 6.07) is 14.7. The number of hydrogen-bond donors (Lipinski definition) is 1. The Balaban J connectivity index is 2.01. The van der Waals surface area contributed by atoms with E-state index in [1.165, 1.54) is 11.1 Å². The molecule has 2 heteroatoms. The van der Waals surface area contributed by atoms with Gasteiger partial charge in [0.05, 0.1) is 0 Å². The first kappa shape index (κ1) is 11.8. The Bertz CT molecular complexity index is 579. The molecule has 0 spiro atoms. The monoisotopic (exact) mass is 257 g/mol. The van der Waals surface area contributed by atoms with E-state index in [1.54, 1.807) is 0 Å². The third-order valence-electron chi connectivity index (χ3n) is 3.88. The third kappa shape index (κ3) is 1.84. The van der Waals surface area contributed by atoms with Gasteiger partial charge in [0.25, 0.3) is 0 Å². The van der Waals surface area contributed by atoms with Gasteiger partial charge in [0.1, 0.15) is 0 Å². The lowest BCUT2D eigenvalue weighted by Gasteiger charge is -2.25. The van der Waals surface area contributed by atoms with E-state index >= 15 is 0 Å². The van der Waals surface area contributed by atoms with Gasteiger partial charge < -0.3 is 5.73 Å². The zero-order valence-electron chi connectivity index (χ0n) is 10.4. The average Bonchev–Trinajstić information content (AvgIpc) is 2.70. The summed E-state index contributed by atoms with van der Waals surface area (Å²) in [6.45, 7) is 2.01. The standard InChI is InChI=1S/C16H16ClN/c1-11-6-7-14(8-15(11)17)16(18)9-12-4-2-3-5-13(12)10-16/h2-8H,9-10,18H2,1H3. The molecule has 1 nitrogen and oxygen atoms in total. The molecule has 0 atom stereocenters. The van der Waals surface area contributed by atoms with Crippen LogP contribution in [0.25, 0.3) is 0 Å². The molecular weight excluding hydrogens is 242 g/mol. The highest BCUT2D eigenvalue weighted by atomic mass is 35.5. The van der Waals surface area contributed by atoms with Crippen molar-refractivity contribution >= 4 is 11.6 Å². The SMILES string of the molecule is Cc1ccc(C2(N)Cc3ccccc3C2)cc1Cl. The van der Waals surface area contributed by atoms with E-state index in [2.05, 4.69) is 36.4 Å². The molecule has 1 aliphatic carbocycles. The Morgan fingerprint density at radius 2 is 1.67 bits per heavy atom. The van der Waals surface area contributed by atoms with Gasteiger partial charge in [0.15, 0.2) is 0 Å². The third-order valence-corrected chi connectivity index (χ3v) is 4.28. The van der Waals surface area contributed by atoms with Gasteiger partial charge in [-0.2, -0.15) is 0 Å². The van der Waals surface area contributed by atoms with Crippen LogP contribution in [0.5, 0.6) is 0 Å². The lowest BCUT2D eigenvalue weighted by atomic mass is 9.87. The summed E-state index contributed by atoms with van der Waals surface area (Å²) in [5.41, 5.74) is 11.2. The summed E-state index contributed by atoms with van der Waals surface area (Å²) >= 11 is 6.21. The van der Waals surface area contributed by atoms with Crippen molar-refractivity contribution in [3.63, 3.8) is 0 Å². The number of hydrogen-bond acceptors (Lipinski definition) is 1. The highest BCUT2D eigenvalue weighted by Gasteiger charge is 2.34. The van der Waals surface area contributed by atoms with Crippen LogP contribution in [0.1, 0.15) is 22.3 Å². The van der Waals surface area contributed by atoms with Gasteiger partial charge in [-0.05, 0) is 48.1 Å². The quantitative estimate of drug-likeness (QED) is 0.830. The molecule has 0 amide bonds. The number of benzene rings is 2. The number of fused-ring (bicyclic) bond motifs is 1. The van der Waals surface area contributed by atoms with Crippen molar-refractivity contribution in [2.45, 2.75) is 25.3 Å². The summed E-state index contributed by atoms with van der Waals surface area (Å²) in [6.07, 6.45) is 1.78. The van der Waals surface area contributed by atoms with Crippen LogP contribution in [0.4, 0.5) is 0 Å². The predicted molar refractivity (Wildman–Crippen MR) is 75.9 cm³/mol. The molecule has 0 saturated heterocycles. The maximum Gasteiger partial charge on any atom is 0.0491 e. The molecule has 2 N–H and O–H groups in total. The summed E-state index contributed by atoms with van der Waals surface area (Å²) in [7, 11) is 0. The number of halogens is 1. The van der Waals surface area contributed by atoms with E-state index in [4.69, 9.17) is 17.3 Å². The second-order valence-corrected chi connectivity index (χ2v) is 5.65. The molecule has 3 rings (SSSR count). The van der Waals surface area contributed by atoms with Crippen molar-refractivity contribution < 1.29 is 0 Å². The Morgan fingerprint density at radius 3 is 2.22 bits per heavy atom. The second kappa shape index (κ2) is 4.11. The summed E-state index contributed by atoms with van der Waals surface area (Å²) in [5, 5.41) is 0.799. The molecule has 0 aliphatic heterocycles. The first-order chi connectivity index (χ1) is 8.58. The van der Waals surface area contributed by atoms with Crippen molar-refractivity contribution in [1.29, 1.82) is 0 Å². The minimum Gasteiger partial charge on any atom is -0.321 e. The lowest BCUT2D eigenvalue weighted by Crippen LogP contribution is -2.37. The van der Waals surface area contributed by atoms with Crippen LogP contribution in [0, 0.1) is 6.92 Å². The van der Waals surface area contributed by atoms with Crippen molar-refractivity contribution in [1.82, 2.24) is 0 Å². The van der Waals surface area contributed by atoms with E-state index in [0.717, 1.165) is 29.0 Å². The fourth-order valence-electron chi connectivity index (χ4n) is 2.75. The van der Waals surface area contributed by atoms with E-state index in [0.29, 0.717) is 0 Å². The van der Waals surface area contributed by atoms with E-state index < -0.39 is 0 Å². The van der Waals surface area contributed by atoms with Crippen LogP contribution >= 0.6 is 11.6 Å². The zero-order chi connectivity index (χ0) is 12.8. The van der Waals surface area contributed by atoms with Gasteiger partial charge in [-0.3, -0.25) is 0 Å². The first-order valence-electron chi connectivity index (χ1n) is 6.21. The molecule has 0 fully saturated rings. The fourth-order valence-corrected chi connectivity index (χ4v) is 2.93. The van der Waals surface area contributed by atoms with E-state index in [1.807, 2.05) is 13.0 Å². The molecule has 0 radical (unpaired) electrons. The summed E-state index contributed by atoms with van der Waals surface area (Å²) in [5.74, 6) is 0. The molecule has 0 aromatic heterocycles. The number of nitrogens with two attached hydrogens (primary N) is 1. The molecule has 0 saturated carbocycles. The van der Waals surface area contributed by atoms with Gasteiger partial charge in [-0.1, -0.05) is 48.0 Å². The predicted octanol–water partition coefficient (Wildman–Crippen LogP) is 3.60. The van der Waals surface area contributed by atoms with Crippen LogP contribution in [-0.4, -0.2) is 0 Å². The second-order valence-electron chi connectivity index (χ2n) is 5.24. The van der Waals surface area contributed by atoms with Crippen molar-refractivity contribution in [3.8, 4) is 0 Å². The Labute approximate surface area is 113 Å². The lowest BCUT2D eigenvalue weighted by molar-refractivity contribution is 0.473. The molecule has 92 valence electrons. The largest absolute Gasteiger partial charge is 0.321 e. The van der Waals surface area contributed by atoms with Crippen LogP contribution in [0.15, 0.2) is 42.5 Å². The average molecular weight is 258 g/mol. The Morgan fingerprint density at radius 1 is 1.06 bits per heavy atom. The van der Waals surface area contributed by atoms with Gasteiger partial charge in [-0.25, -0.2) is 0 Å². The Kier molecular flexibility index (Phi) is 2.69. The van der Waals surface area contributed by atoms with E-state index in [-0.39, 0.29) is 5.54 Å². The summed E-state index contributed by atoms with van der Waals surface area (Å²) < 4.78 is 0. The highest BCUT2D eigenvalue weighted by molar-refractivity contribution is 6.31.